The maximum absolute atomic E-state index is 13.1. The number of hydrogen-bond donors (Lipinski definition) is 2. The Morgan fingerprint density at radius 3 is 2.39 bits per heavy atom. The first-order chi connectivity index (χ1) is 16.0. The summed E-state index contributed by atoms with van der Waals surface area (Å²) in [6.45, 7) is 6.50. The summed E-state index contributed by atoms with van der Waals surface area (Å²) in [5.41, 5.74) is 3.13. The van der Waals surface area contributed by atoms with Gasteiger partial charge < -0.3 is 24.5 Å². The van der Waals surface area contributed by atoms with Gasteiger partial charge in [0.15, 0.2) is 0 Å². The number of hydrogen-bond acceptors (Lipinski definition) is 6. The quantitative estimate of drug-likeness (QED) is 0.420. The molecule has 3 rings (SSSR count). The Hall–Kier alpha value is -2.84. The van der Waals surface area contributed by atoms with Gasteiger partial charge >= 0.3 is 5.97 Å². The van der Waals surface area contributed by atoms with Crippen LogP contribution in [0.1, 0.15) is 63.0 Å². The summed E-state index contributed by atoms with van der Waals surface area (Å²) >= 11 is 0. The van der Waals surface area contributed by atoms with E-state index in [0.717, 1.165) is 37.2 Å². The normalized spacial score (nSPS) is 15.2. The molecule has 180 valence electrons. The lowest BCUT2D eigenvalue weighted by molar-refractivity contribution is 0.0387. The van der Waals surface area contributed by atoms with E-state index in [1.807, 2.05) is 12.1 Å². The molecule has 1 amide bonds. The van der Waals surface area contributed by atoms with Crippen LogP contribution in [-0.4, -0.2) is 68.8 Å². The second-order valence-electron chi connectivity index (χ2n) is 8.35. The zero-order chi connectivity index (χ0) is 23.8. The number of carbonyl (C=O) groups excluding carboxylic acids is 2. The molecule has 1 aromatic carbocycles. The van der Waals surface area contributed by atoms with Crippen molar-refractivity contribution in [3.63, 3.8) is 0 Å². The molecule has 0 spiro atoms. The number of piperidine rings is 1. The highest BCUT2D eigenvalue weighted by atomic mass is 16.6. The van der Waals surface area contributed by atoms with Gasteiger partial charge in [-0.25, -0.2) is 4.79 Å². The molecule has 0 radical (unpaired) electrons. The standard InChI is InChI=1S/C25H35N3O5/c1-17-22(25(30)33-15-14-31-3)18(2)27-23(17)24(29)26-16-21(28-12-6-5-7-13-28)19-8-10-20(32-4)11-9-19/h8-11,21,27H,5-7,12-16H2,1-4H3,(H,26,29). The molecule has 1 aliphatic heterocycles. The molecule has 1 unspecified atom stereocenters. The Morgan fingerprint density at radius 1 is 1.06 bits per heavy atom. The second-order valence-corrected chi connectivity index (χ2v) is 8.35. The summed E-state index contributed by atoms with van der Waals surface area (Å²) in [6, 6.07) is 8.09. The van der Waals surface area contributed by atoms with Gasteiger partial charge in [0.2, 0.25) is 0 Å². The molecule has 2 N–H and O–H groups in total. The number of ether oxygens (including phenoxy) is 3. The number of aryl methyl sites for hydroxylation is 1. The fourth-order valence-electron chi connectivity index (χ4n) is 4.36. The van der Waals surface area contributed by atoms with Gasteiger partial charge in [-0.1, -0.05) is 18.6 Å². The van der Waals surface area contributed by atoms with Crippen molar-refractivity contribution < 1.29 is 23.8 Å². The number of methoxy groups -OCH3 is 2. The molecule has 33 heavy (non-hydrogen) atoms. The van der Waals surface area contributed by atoms with Crippen LogP contribution in [0.25, 0.3) is 0 Å². The number of benzene rings is 1. The largest absolute Gasteiger partial charge is 0.497 e. The summed E-state index contributed by atoms with van der Waals surface area (Å²) in [5, 5.41) is 3.08. The number of H-pyrrole nitrogens is 1. The highest BCUT2D eigenvalue weighted by Crippen LogP contribution is 2.26. The molecule has 0 bridgehead atoms. The highest BCUT2D eigenvalue weighted by molar-refractivity contribution is 6.00. The first kappa shape index (κ1) is 24.8. The van der Waals surface area contributed by atoms with E-state index < -0.39 is 5.97 Å². The second kappa shape index (κ2) is 11.9. The molecule has 8 heteroatoms. The van der Waals surface area contributed by atoms with E-state index >= 15 is 0 Å². The van der Waals surface area contributed by atoms with Crippen molar-refractivity contribution in [2.45, 2.75) is 39.2 Å². The maximum atomic E-state index is 13.1. The maximum Gasteiger partial charge on any atom is 0.340 e. The number of nitrogens with one attached hydrogen (secondary N) is 2. The third-order valence-electron chi connectivity index (χ3n) is 6.18. The van der Waals surface area contributed by atoms with Gasteiger partial charge in [0, 0.05) is 19.3 Å². The lowest BCUT2D eigenvalue weighted by Crippen LogP contribution is -2.40. The molecule has 0 aliphatic carbocycles. The van der Waals surface area contributed by atoms with E-state index in [1.165, 1.54) is 6.42 Å². The number of amides is 1. The summed E-state index contributed by atoms with van der Waals surface area (Å²) in [4.78, 5) is 31.0. The van der Waals surface area contributed by atoms with Crippen molar-refractivity contribution in [1.82, 2.24) is 15.2 Å². The van der Waals surface area contributed by atoms with Crippen LogP contribution in [0, 0.1) is 13.8 Å². The minimum Gasteiger partial charge on any atom is -0.497 e. The molecule has 2 heterocycles. The minimum absolute atomic E-state index is 0.0648. The van der Waals surface area contributed by atoms with Crippen molar-refractivity contribution in [3.05, 3.63) is 52.3 Å². The lowest BCUT2D eigenvalue weighted by Gasteiger charge is -2.35. The van der Waals surface area contributed by atoms with Crippen LogP contribution in [-0.2, 0) is 9.47 Å². The zero-order valence-corrected chi connectivity index (χ0v) is 20.0. The van der Waals surface area contributed by atoms with Gasteiger partial charge in [0.1, 0.15) is 18.1 Å². The van der Waals surface area contributed by atoms with Gasteiger partial charge in [-0.15, -0.1) is 0 Å². The van der Waals surface area contributed by atoms with Crippen molar-refractivity contribution in [2.24, 2.45) is 0 Å². The third-order valence-corrected chi connectivity index (χ3v) is 6.18. The molecular weight excluding hydrogens is 422 g/mol. The smallest absolute Gasteiger partial charge is 0.340 e. The van der Waals surface area contributed by atoms with Gasteiger partial charge in [-0.05, 0) is 63.0 Å². The number of esters is 1. The number of aromatic nitrogens is 1. The van der Waals surface area contributed by atoms with E-state index in [9.17, 15) is 9.59 Å². The molecule has 0 saturated carbocycles. The van der Waals surface area contributed by atoms with E-state index in [-0.39, 0.29) is 18.6 Å². The van der Waals surface area contributed by atoms with Crippen molar-refractivity contribution >= 4 is 11.9 Å². The minimum atomic E-state index is -0.457. The third kappa shape index (κ3) is 6.15. The number of likely N-dealkylation sites (tertiary alicyclic amines) is 1. The van der Waals surface area contributed by atoms with Gasteiger partial charge in [-0.3, -0.25) is 9.69 Å². The molecule has 2 aromatic rings. The monoisotopic (exact) mass is 457 g/mol. The number of carbonyl (C=O) groups is 2. The van der Waals surface area contributed by atoms with Gasteiger partial charge in [-0.2, -0.15) is 0 Å². The molecular formula is C25H35N3O5. The van der Waals surface area contributed by atoms with Crippen LogP contribution in [0.3, 0.4) is 0 Å². The predicted molar refractivity (Wildman–Crippen MR) is 126 cm³/mol. The SMILES string of the molecule is COCCOC(=O)c1c(C)[nH]c(C(=O)NCC(c2ccc(OC)cc2)N2CCCCC2)c1C. The summed E-state index contributed by atoms with van der Waals surface area (Å²) in [6.07, 6.45) is 3.55. The number of aromatic amines is 1. The average Bonchev–Trinajstić information content (AvgIpc) is 3.14. The Bertz CT molecular complexity index is 932. The molecule has 1 fully saturated rings. The van der Waals surface area contributed by atoms with E-state index in [1.54, 1.807) is 28.1 Å². The molecule has 1 atom stereocenters. The Kier molecular flexibility index (Phi) is 8.91. The zero-order valence-electron chi connectivity index (χ0n) is 20.0. The van der Waals surface area contributed by atoms with Crippen LogP contribution < -0.4 is 10.1 Å². The lowest BCUT2D eigenvalue weighted by atomic mass is 10.0. The van der Waals surface area contributed by atoms with Crippen LogP contribution >= 0.6 is 0 Å². The molecule has 1 aromatic heterocycles. The summed E-state index contributed by atoms with van der Waals surface area (Å²) in [7, 11) is 3.20. The molecule has 1 aliphatic rings. The van der Waals surface area contributed by atoms with Crippen LogP contribution in [0.2, 0.25) is 0 Å². The van der Waals surface area contributed by atoms with Crippen molar-refractivity contribution in [2.75, 3.05) is 47.1 Å². The first-order valence-corrected chi connectivity index (χ1v) is 11.5. The van der Waals surface area contributed by atoms with E-state index in [2.05, 4.69) is 27.3 Å². The summed E-state index contributed by atoms with van der Waals surface area (Å²) in [5.74, 6) is 0.117. The fraction of sp³-hybridized carbons (Fsp3) is 0.520. The van der Waals surface area contributed by atoms with Gasteiger partial charge in [0.25, 0.3) is 5.91 Å². The Labute approximate surface area is 195 Å². The van der Waals surface area contributed by atoms with E-state index in [4.69, 9.17) is 14.2 Å². The number of nitrogens with zero attached hydrogens (tertiary/aromatic N) is 1. The summed E-state index contributed by atoms with van der Waals surface area (Å²) < 4.78 is 15.5. The first-order valence-electron chi connectivity index (χ1n) is 11.5. The highest BCUT2D eigenvalue weighted by Gasteiger charge is 2.26. The van der Waals surface area contributed by atoms with Gasteiger partial charge in [0.05, 0.1) is 25.3 Å². The Balaban J connectivity index is 1.73. The predicted octanol–water partition coefficient (Wildman–Crippen LogP) is 3.40. The van der Waals surface area contributed by atoms with Crippen LogP contribution in [0.15, 0.2) is 24.3 Å². The average molecular weight is 458 g/mol. The van der Waals surface area contributed by atoms with Crippen LogP contribution in [0.4, 0.5) is 0 Å². The molecule has 8 nitrogen and oxygen atoms in total. The van der Waals surface area contributed by atoms with Crippen LogP contribution in [0.5, 0.6) is 5.75 Å². The Morgan fingerprint density at radius 2 is 1.76 bits per heavy atom. The number of rotatable bonds is 10. The van der Waals surface area contributed by atoms with Crippen molar-refractivity contribution in [1.29, 1.82) is 0 Å². The topological polar surface area (TPSA) is 92.9 Å². The van der Waals surface area contributed by atoms with Crippen molar-refractivity contribution in [3.8, 4) is 5.75 Å². The fourth-order valence-corrected chi connectivity index (χ4v) is 4.36. The molecule has 1 saturated heterocycles. The van der Waals surface area contributed by atoms with E-state index in [0.29, 0.717) is 35.7 Å².